The molecule has 17 heavy (non-hydrogen) atoms. The molecular formula is C13H17F2NO. The normalized spacial score (nSPS) is 19.8. The molecule has 1 unspecified atom stereocenters. The van der Waals surface area contributed by atoms with Gasteiger partial charge in [0.05, 0.1) is 0 Å². The Morgan fingerprint density at radius 2 is 2.18 bits per heavy atom. The second kappa shape index (κ2) is 5.96. The first-order chi connectivity index (χ1) is 8.25. The number of alkyl halides is 2. The molecule has 1 fully saturated rings. The van der Waals surface area contributed by atoms with Crippen molar-refractivity contribution in [2.45, 2.75) is 38.3 Å². The molecule has 1 heterocycles. The first-order valence-electron chi connectivity index (χ1n) is 6.02. The van der Waals surface area contributed by atoms with Crippen LogP contribution in [0.3, 0.4) is 0 Å². The third kappa shape index (κ3) is 3.66. The molecule has 1 aliphatic heterocycles. The van der Waals surface area contributed by atoms with Crippen LogP contribution >= 0.6 is 0 Å². The molecule has 0 spiro atoms. The summed E-state index contributed by atoms with van der Waals surface area (Å²) in [5.74, 6) is 0.306. The Kier molecular flexibility index (Phi) is 4.31. The van der Waals surface area contributed by atoms with E-state index in [1.54, 1.807) is 12.1 Å². The van der Waals surface area contributed by atoms with Crippen molar-refractivity contribution in [2.24, 2.45) is 0 Å². The highest BCUT2D eigenvalue weighted by Gasteiger charge is 2.15. The predicted molar refractivity (Wildman–Crippen MR) is 62.4 cm³/mol. The van der Waals surface area contributed by atoms with E-state index in [-0.39, 0.29) is 0 Å². The van der Waals surface area contributed by atoms with Gasteiger partial charge in [-0.15, -0.1) is 0 Å². The zero-order valence-electron chi connectivity index (χ0n) is 9.66. The number of benzene rings is 1. The van der Waals surface area contributed by atoms with Crippen LogP contribution in [0.5, 0.6) is 5.75 Å². The Hall–Kier alpha value is -1.16. The fourth-order valence-electron chi connectivity index (χ4n) is 2.25. The van der Waals surface area contributed by atoms with Crippen molar-refractivity contribution in [1.82, 2.24) is 5.32 Å². The van der Waals surface area contributed by atoms with Gasteiger partial charge in [0.2, 0.25) is 0 Å². The van der Waals surface area contributed by atoms with Crippen molar-refractivity contribution < 1.29 is 13.5 Å². The highest BCUT2D eigenvalue weighted by molar-refractivity contribution is 5.33. The second-order valence-electron chi connectivity index (χ2n) is 4.32. The zero-order valence-corrected chi connectivity index (χ0v) is 9.66. The molecule has 1 aromatic rings. The largest absolute Gasteiger partial charge is 0.435 e. The molecule has 1 aromatic carbocycles. The van der Waals surface area contributed by atoms with E-state index in [0.29, 0.717) is 11.8 Å². The summed E-state index contributed by atoms with van der Waals surface area (Å²) >= 11 is 0. The smallest absolute Gasteiger partial charge is 0.387 e. The number of aryl methyl sites for hydroxylation is 1. The van der Waals surface area contributed by atoms with Crippen molar-refractivity contribution in [3.63, 3.8) is 0 Å². The molecule has 0 radical (unpaired) electrons. The Morgan fingerprint density at radius 3 is 2.88 bits per heavy atom. The fraction of sp³-hybridized carbons (Fsp3) is 0.538. The van der Waals surface area contributed by atoms with Crippen LogP contribution in [0.15, 0.2) is 24.3 Å². The third-order valence-corrected chi connectivity index (χ3v) is 3.11. The van der Waals surface area contributed by atoms with E-state index < -0.39 is 6.61 Å². The summed E-state index contributed by atoms with van der Waals surface area (Å²) in [6.45, 7) is -1.68. The first-order valence-corrected chi connectivity index (χ1v) is 6.02. The predicted octanol–water partition coefficient (Wildman–Crippen LogP) is 2.97. The third-order valence-electron chi connectivity index (χ3n) is 3.11. The Labute approximate surface area is 100.0 Å². The number of hydrogen-bond donors (Lipinski definition) is 1. The van der Waals surface area contributed by atoms with Crippen molar-refractivity contribution in [1.29, 1.82) is 0 Å². The lowest BCUT2D eigenvalue weighted by atomic mass is 10.0. The molecule has 0 amide bonds. The molecule has 0 aromatic heterocycles. The molecule has 0 bridgehead atoms. The van der Waals surface area contributed by atoms with Gasteiger partial charge in [-0.05, 0) is 43.9 Å². The molecule has 1 N–H and O–H groups in total. The van der Waals surface area contributed by atoms with Crippen molar-refractivity contribution >= 4 is 0 Å². The highest BCUT2D eigenvalue weighted by atomic mass is 19.3. The summed E-state index contributed by atoms with van der Waals surface area (Å²) in [5, 5.41) is 3.40. The van der Waals surface area contributed by atoms with E-state index in [9.17, 15) is 8.78 Å². The molecule has 4 heteroatoms. The van der Waals surface area contributed by atoms with E-state index >= 15 is 0 Å². The maximum Gasteiger partial charge on any atom is 0.387 e. The Bertz CT molecular complexity index is 351. The van der Waals surface area contributed by atoms with Crippen molar-refractivity contribution in [3.8, 4) is 5.75 Å². The van der Waals surface area contributed by atoms with Crippen LogP contribution in [0, 0.1) is 0 Å². The molecule has 2 rings (SSSR count). The SMILES string of the molecule is FC(F)Oc1ccccc1CCC1CCCN1. The molecule has 94 valence electrons. The molecule has 2 nitrogen and oxygen atoms in total. The summed E-state index contributed by atoms with van der Waals surface area (Å²) in [6.07, 6.45) is 4.14. The van der Waals surface area contributed by atoms with Gasteiger partial charge >= 0.3 is 6.61 Å². The van der Waals surface area contributed by atoms with Crippen LogP contribution < -0.4 is 10.1 Å². The summed E-state index contributed by atoms with van der Waals surface area (Å²) in [7, 11) is 0. The van der Waals surface area contributed by atoms with Crippen LogP contribution in [-0.2, 0) is 6.42 Å². The minimum atomic E-state index is -2.75. The summed E-state index contributed by atoms with van der Waals surface area (Å²) in [5.41, 5.74) is 0.863. The highest BCUT2D eigenvalue weighted by Crippen LogP contribution is 2.23. The average Bonchev–Trinajstić information content (AvgIpc) is 2.80. The molecule has 1 saturated heterocycles. The minimum Gasteiger partial charge on any atom is -0.435 e. The first kappa shape index (κ1) is 12.3. The van der Waals surface area contributed by atoms with Crippen LogP contribution in [-0.4, -0.2) is 19.2 Å². The maximum atomic E-state index is 12.2. The van der Waals surface area contributed by atoms with Crippen LogP contribution in [0.1, 0.15) is 24.8 Å². The lowest BCUT2D eigenvalue weighted by Gasteiger charge is -2.13. The number of para-hydroxylation sites is 1. The van der Waals surface area contributed by atoms with Gasteiger partial charge in [-0.25, -0.2) is 0 Å². The minimum absolute atomic E-state index is 0.306. The average molecular weight is 241 g/mol. The number of rotatable bonds is 5. The van der Waals surface area contributed by atoms with E-state index in [1.165, 1.54) is 12.8 Å². The summed E-state index contributed by atoms with van der Waals surface area (Å²) in [6, 6.07) is 7.55. The number of hydrogen-bond acceptors (Lipinski definition) is 2. The van der Waals surface area contributed by atoms with Gasteiger partial charge in [0.25, 0.3) is 0 Å². The van der Waals surface area contributed by atoms with E-state index in [0.717, 1.165) is 24.9 Å². The molecule has 0 aliphatic carbocycles. The quantitative estimate of drug-likeness (QED) is 0.855. The lowest BCUT2D eigenvalue weighted by Crippen LogP contribution is -2.21. The van der Waals surface area contributed by atoms with Crippen molar-refractivity contribution in [3.05, 3.63) is 29.8 Å². The Morgan fingerprint density at radius 1 is 1.35 bits per heavy atom. The standard InChI is InChI=1S/C13H17F2NO/c14-13(15)17-12-6-2-1-4-10(12)7-8-11-5-3-9-16-11/h1-2,4,6,11,13,16H,3,5,7-9H2. The monoisotopic (exact) mass is 241 g/mol. The van der Waals surface area contributed by atoms with Crippen molar-refractivity contribution in [2.75, 3.05) is 6.54 Å². The van der Waals surface area contributed by atoms with Gasteiger partial charge in [-0.1, -0.05) is 18.2 Å². The van der Waals surface area contributed by atoms with Crippen LogP contribution in [0.4, 0.5) is 8.78 Å². The molecular weight excluding hydrogens is 224 g/mol. The molecule has 0 saturated carbocycles. The number of ether oxygens (including phenoxy) is 1. The van der Waals surface area contributed by atoms with Gasteiger partial charge in [0.15, 0.2) is 0 Å². The van der Waals surface area contributed by atoms with Gasteiger partial charge < -0.3 is 10.1 Å². The number of halogens is 2. The van der Waals surface area contributed by atoms with Crippen LogP contribution in [0.25, 0.3) is 0 Å². The van der Waals surface area contributed by atoms with Gasteiger partial charge in [0.1, 0.15) is 5.75 Å². The molecule has 1 atom stereocenters. The lowest BCUT2D eigenvalue weighted by molar-refractivity contribution is -0.0504. The van der Waals surface area contributed by atoms with E-state index in [2.05, 4.69) is 10.1 Å². The van der Waals surface area contributed by atoms with E-state index in [1.807, 2.05) is 12.1 Å². The second-order valence-corrected chi connectivity index (χ2v) is 4.32. The van der Waals surface area contributed by atoms with E-state index in [4.69, 9.17) is 0 Å². The summed E-state index contributed by atoms with van der Waals surface area (Å²) < 4.78 is 28.9. The van der Waals surface area contributed by atoms with Gasteiger partial charge in [0, 0.05) is 6.04 Å². The van der Waals surface area contributed by atoms with Crippen LogP contribution in [0.2, 0.25) is 0 Å². The number of nitrogens with one attached hydrogen (secondary N) is 1. The van der Waals surface area contributed by atoms with Gasteiger partial charge in [-0.2, -0.15) is 8.78 Å². The fourth-order valence-corrected chi connectivity index (χ4v) is 2.25. The zero-order chi connectivity index (χ0) is 12.1. The summed E-state index contributed by atoms with van der Waals surface area (Å²) in [4.78, 5) is 0. The topological polar surface area (TPSA) is 21.3 Å². The molecule has 1 aliphatic rings. The van der Waals surface area contributed by atoms with Gasteiger partial charge in [-0.3, -0.25) is 0 Å². The Balaban J connectivity index is 1.94. The maximum absolute atomic E-state index is 12.2.